The van der Waals surface area contributed by atoms with E-state index in [-0.39, 0.29) is 18.7 Å². The predicted octanol–water partition coefficient (Wildman–Crippen LogP) is 1.36. The van der Waals surface area contributed by atoms with Crippen LogP contribution >= 0.6 is 0 Å². The molecule has 150 valence electrons. The van der Waals surface area contributed by atoms with Crippen molar-refractivity contribution in [3.63, 3.8) is 0 Å². The number of hydrogen-bond acceptors (Lipinski definition) is 7. The molecule has 0 spiro atoms. The molecule has 3 fully saturated rings. The van der Waals surface area contributed by atoms with E-state index in [0.29, 0.717) is 0 Å². The van der Waals surface area contributed by atoms with Crippen molar-refractivity contribution >= 4 is 5.97 Å². The summed E-state index contributed by atoms with van der Waals surface area (Å²) in [5.41, 5.74) is 0. The molecular weight excluding hydrogens is 336 g/mol. The SMILES string of the molecule is CCOC(=O)C1C(O)N(C2CCCCC2)C(O)N(C2CCCCC2)C1O. The van der Waals surface area contributed by atoms with Crippen LogP contribution in [0.25, 0.3) is 0 Å². The lowest BCUT2D eigenvalue weighted by atomic mass is 9.88. The summed E-state index contributed by atoms with van der Waals surface area (Å²) in [4.78, 5) is 15.8. The maximum absolute atomic E-state index is 12.5. The summed E-state index contributed by atoms with van der Waals surface area (Å²) in [5.74, 6) is -1.68. The normalized spacial score (nSPS) is 36.2. The molecule has 1 aliphatic heterocycles. The predicted molar refractivity (Wildman–Crippen MR) is 95.6 cm³/mol. The zero-order valence-corrected chi connectivity index (χ0v) is 15.8. The average molecular weight is 370 g/mol. The second kappa shape index (κ2) is 8.97. The molecule has 26 heavy (non-hydrogen) atoms. The molecule has 1 heterocycles. The first kappa shape index (κ1) is 20.0. The van der Waals surface area contributed by atoms with Gasteiger partial charge < -0.3 is 20.1 Å². The Balaban J connectivity index is 1.88. The molecular formula is C19H34N2O5. The third-order valence-electron chi connectivity index (χ3n) is 6.34. The first-order chi connectivity index (χ1) is 12.6. The maximum atomic E-state index is 12.5. The topological polar surface area (TPSA) is 93.5 Å². The van der Waals surface area contributed by atoms with Crippen molar-refractivity contribution in [3.05, 3.63) is 0 Å². The molecule has 2 unspecified atom stereocenters. The maximum Gasteiger partial charge on any atom is 0.317 e. The van der Waals surface area contributed by atoms with E-state index in [1.807, 2.05) is 0 Å². The van der Waals surface area contributed by atoms with Gasteiger partial charge >= 0.3 is 5.97 Å². The molecule has 0 amide bonds. The third-order valence-corrected chi connectivity index (χ3v) is 6.34. The van der Waals surface area contributed by atoms with Crippen LogP contribution in [0, 0.1) is 5.92 Å². The summed E-state index contributed by atoms with van der Waals surface area (Å²) < 4.78 is 5.13. The Morgan fingerprint density at radius 1 is 0.846 bits per heavy atom. The van der Waals surface area contributed by atoms with Crippen LogP contribution in [0.5, 0.6) is 0 Å². The van der Waals surface area contributed by atoms with E-state index in [0.717, 1.165) is 64.2 Å². The van der Waals surface area contributed by atoms with Crippen molar-refractivity contribution in [1.29, 1.82) is 0 Å². The highest BCUT2D eigenvalue weighted by Gasteiger charge is 2.53. The minimum atomic E-state index is -1.23. The number of nitrogens with zero attached hydrogens (tertiary/aromatic N) is 2. The lowest BCUT2D eigenvalue weighted by molar-refractivity contribution is -0.306. The van der Waals surface area contributed by atoms with Crippen molar-refractivity contribution in [3.8, 4) is 0 Å². The average Bonchev–Trinajstić information content (AvgIpc) is 2.63. The van der Waals surface area contributed by atoms with Gasteiger partial charge in [0.15, 0.2) is 6.35 Å². The fraction of sp³-hybridized carbons (Fsp3) is 0.947. The van der Waals surface area contributed by atoms with E-state index in [4.69, 9.17) is 4.74 Å². The Morgan fingerprint density at radius 3 is 1.65 bits per heavy atom. The molecule has 3 aliphatic rings. The highest BCUT2D eigenvalue weighted by atomic mass is 16.5. The summed E-state index contributed by atoms with van der Waals surface area (Å²) in [7, 11) is 0. The van der Waals surface area contributed by atoms with Gasteiger partial charge in [-0.3, -0.25) is 4.79 Å². The van der Waals surface area contributed by atoms with Gasteiger partial charge in [0.25, 0.3) is 0 Å². The van der Waals surface area contributed by atoms with Crippen molar-refractivity contribution in [2.75, 3.05) is 6.61 Å². The smallest absolute Gasteiger partial charge is 0.317 e. The summed E-state index contributed by atoms with van der Waals surface area (Å²) >= 11 is 0. The van der Waals surface area contributed by atoms with Gasteiger partial charge in [-0.15, -0.1) is 0 Å². The zero-order valence-electron chi connectivity index (χ0n) is 15.8. The molecule has 0 radical (unpaired) electrons. The Bertz CT molecular complexity index is 433. The molecule has 7 nitrogen and oxygen atoms in total. The van der Waals surface area contributed by atoms with Crippen LogP contribution in [-0.4, -0.2) is 68.6 Å². The molecule has 0 aromatic carbocycles. The minimum absolute atomic E-state index is 0.0178. The monoisotopic (exact) mass is 370 g/mol. The number of ether oxygens (including phenoxy) is 1. The molecule has 1 saturated heterocycles. The van der Waals surface area contributed by atoms with Crippen molar-refractivity contribution < 1.29 is 24.9 Å². The molecule has 7 heteroatoms. The van der Waals surface area contributed by atoms with Crippen LogP contribution in [0.2, 0.25) is 0 Å². The molecule has 2 aliphatic carbocycles. The second-order valence-corrected chi connectivity index (χ2v) is 7.93. The molecule has 3 rings (SSSR count). The van der Waals surface area contributed by atoms with Gasteiger partial charge in [-0.05, 0) is 32.6 Å². The lowest BCUT2D eigenvalue weighted by Gasteiger charge is -2.55. The fourth-order valence-corrected chi connectivity index (χ4v) is 5.00. The third kappa shape index (κ3) is 3.92. The largest absolute Gasteiger partial charge is 0.466 e. The highest BCUT2D eigenvalue weighted by molar-refractivity contribution is 5.73. The zero-order chi connectivity index (χ0) is 18.7. The molecule has 2 atom stereocenters. The number of aliphatic hydroxyl groups excluding tert-OH is 3. The van der Waals surface area contributed by atoms with Gasteiger partial charge in [0.05, 0.1) is 6.61 Å². The molecule has 0 aromatic rings. The molecule has 0 bridgehead atoms. The van der Waals surface area contributed by atoms with Gasteiger partial charge in [-0.1, -0.05) is 38.5 Å². The van der Waals surface area contributed by atoms with Gasteiger partial charge in [0.2, 0.25) is 0 Å². The van der Waals surface area contributed by atoms with Crippen LogP contribution in [0.4, 0.5) is 0 Å². The van der Waals surface area contributed by atoms with E-state index >= 15 is 0 Å². The lowest BCUT2D eigenvalue weighted by Crippen LogP contribution is -2.72. The number of carbonyl (C=O) groups excluding carboxylic acids is 1. The first-order valence-corrected chi connectivity index (χ1v) is 10.3. The van der Waals surface area contributed by atoms with E-state index < -0.39 is 30.7 Å². The van der Waals surface area contributed by atoms with E-state index in [2.05, 4.69) is 0 Å². The van der Waals surface area contributed by atoms with Gasteiger partial charge in [0.1, 0.15) is 18.4 Å². The van der Waals surface area contributed by atoms with Crippen LogP contribution in [0.15, 0.2) is 0 Å². The summed E-state index contributed by atoms with van der Waals surface area (Å²) in [6.07, 6.45) is 6.54. The van der Waals surface area contributed by atoms with Crippen LogP contribution in [0.3, 0.4) is 0 Å². The highest BCUT2D eigenvalue weighted by Crippen LogP contribution is 2.37. The van der Waals surface area contributed by atoms with E-state index in [9.17, 15) is 20.1 Å². The Morgan fingerprint density at radius 2 is 1.27 bits per heavy atom. The summed E-state index contributed by atoms with van der Waals surface area (Å²) in [6.45, 7) is 1.91. The van der Waals surface area contributed by atoms with Crippen LogP contribution < -0.4 is 0 Å². The Hall–Kier alpha value is -0.730. The summed E-state index contributed by atoms with van der Waals surface area (Å²) in [6, 6.07) is 0.0357. The van der Waals surface area contributed by atoms with E-state index in [1.165, 1.54) is 0 Å². The molecule has 2 saturated carbocycles. The number of hydrogen-bond donors (Lipinski definition) is 3. The number of rotatable bonds is 4. The van der Waals surface area contributed by atoms with Gasteiger partial charge in [-0.25, -0.2) is 9.80 Å². The van der Waals surface area contributed by atoms with Crippen molar-refractivity contribution in [1.82, 2.24) is 9.80 Å². The van der Waals surface area contributed by atoms with Crippen LogP contribution in [0.1, 0.15) is 71.1 Å². The van der Waals surface area contributed by atoms with Crippen LogP contribution in [-0.2, 0) is 9.53 Å². The number of esters is 1. The van der Waals surface area contributed by atoms with Gasteiger partial charge in [0, 0.05) is 12.1 Å². The fourth-order valence-electron chi connectivity index (χ4n) is 5.00. The number of aliphatic hydroxyl groups is 3. The Kier molecular flexibility index (Phi) is 6.91. The van der Waals surface area contributed by atoms with E-state index in [1.54, 1.807) is 16.7 Å². The molecule has 3 N–H and O–H groups in total. The van der Waals surface area contributed by atoms with Crippen molar-refractivity contribution in [2.45, 2.75) is 102 Å². The van der Waals surface area contributed by atoms with Gasteiger partial charge in [-0.2, -0.15) is 0 Å². The standard InChI is InChI=1S/C19H34N2O5/c1-2-26-18(24)15-16(22)20(13-9-5-3-6-10-13)19(25)21(17(15)23)14-11-7-4-8-12-14/h13-17,19,22-23,25H,2-12H2,1H3. The summed E-state index contributed by atoms with van der Waals surface area (Å²) in [5, 5.41) is 32.9. The minimum Gasteiger partial charge on any atom is -0.466 e. The van der Waals surface area contributed by atoms with Crippen molar-refractivity contribution in [2.24, 2.45) is 5.92 Å². The second-order valence-electron chi connectivity index (χ2n) is 7.93. The quantitative estimate of drug-likeness (QED) is 0.643. The first-order valence-electron chi connectivity index (χ1n) is 10.3. The number of carbonyl (C=O) groups is 1. The Labute approximate surface area is 155 Å². The molecule has 0 aromatic heterocycles.